The number of nitrogens with two attached hydrogens (primary N) is 1. The number of benzene rings is 2. The Morgan fingerprint density at radius 2 is 1.82 bits per heavy atom. The molecule has 4 rings (SSSR count). The third kappa shape index (κ3) is 4.08. The summed E-state index contributed by atoms with van der Waals surface area (Å²) in [4.78, 5) is 38.6. The van der Waals surface area contributed by atoms with Gasteiger partial charge in [0.05, 0.1) is 18.2 Å². The fourth-order valence-electron chi connectivity index (χ4n) is 4.05. The molecule has 3 N–H and O–H groups in total. The van der Waals surface area contributed by atoms with Crippen molar-refractivity contribution in [2.45, 2.75) is 26.8 Å². The largest absolute Gasteiger partial charge is 0.495 e. The highest BCUT2D eigenvalue weighted by atomic mass is 32.1. The Balaban J connectivity index is 1.75. The van der Waals surface area contributed by atoms with Crippen LogP contribution in [0.5, 0.6) is 5.75 Å². The van der Waals surface area contributed by atoms with Gasteiger partial charge in [-0.1, -0.05) is 42.0 Å². The van der Waals surface area contributed by atoms with Crippen LogP contribution in [0.1, 0.15) is 34.5 Å². The summed E-state index contributed by atoms with van der Waals surface area (Å²) in [7, 11) is 1.52. The first-order chi connectivity index (χ1) is 16.2. The summed E-state index contributed by atoms with van der Waals surface area (Å²) in [6, 6.07) is 13.8. The molecule has 0 saturated carbocycles. The predicted molar refractivity (Wildman–Crippen MR) is 136 cm³/mol. The standard InChI is InChI=1S/C26H25N3O4S/c1-14-8-10-17(11-9-14)19-13-34-26(22(19)24(27)31)28-25(32)16(3)29-21(30)12-15(2)18-6-5-7-20(33-4)23(18)29/h5-13,16H,1-4H3,(H2,27,31)(H,28,32). The fourth-order valence-corrected chi connectivity index (χ4v) is 5.03. The summed E-state index contributed by atoms with van der Waals surface area (Å²) in [5, 5.41) is 5.76. The quantitative estimate of drug-likeness (QED) is 0.423. The Bertz CT molecular complexity index is 1470. The molecule has 0 aliphatic heterocycles. The first-order valence-electron chi connectivity index (χ1n) is 10.7. The number of pyridine rings is 1. The third-order valence-corrected chi connectivity index (χ3v) is 6.76. The molecule has 0 radical (unpaired) electrons. The van der Waals surface area contributed by atoms with Gasteiger partial charge in [0.15, 0.2) is 0 Å². The summed E-state index contributed by atoms with van der Waals surface area (Å²) in [5.74, 6) is -0.592. The number of amides is 2. The van der Waals surface area contributed by atoms with Gasteiger partial charge in [-0.3, -0.25) is 19.0 Å². The highest BCUT2D eigenvalue weighted by molar-refractivity contribution is 7.15. The van der Waals surface area contributed by atoms with Gasteiger partial charge in [0.25, 0.3) is 11.5 Å². The average Bonchev–Trinajstić information content (AvgIpc) is 3.22. The van der Waals surface area contributed by atoms with Crippen molar-refractivity contribution < 1.29 is 14.3 Å². The van der Waals surface area contributed by atoms with E-state index in [0.717, 1.165) is 22.1 Å². The van der Waals surface area contributed by atoms with E-state index in [1.54, 1.807) is 18.4 Å². The zero-order chi connectivity index (χ0) is 24.6. The number of carbonyl (C=O) groups excluding carboxylic acids is 2. The van der Waals surface area contributed by atoms with Crippen molar-refractivity contribution in [3.63, 3.8) is 0 Å². The van der Waals surface area contributed by atoms with Gasteiger partial charge >= 0.3 is 0 Å². The van der Waals surface area contributed by atoms with Crippen molar-refractivity contribution in [2.24, 2.45) is 5.73 Å². The number of thiophene rings is 1. The molecule has 1 unspecified atom stereocenters. The second-order valence-electron chi connectivity index (χ2n) is 8.14. The fraction of sp³-hybridized carbons (Fsp3) is 0.192. The lowest BCUT2D eigenvalue weighted by Crippen LogP contribution is -2.32. The molecule has 0 spiro atoms. The Morgan fingerprint density at radius 3 is 2.47 bits per heavy atom. The molecule has 0 bridgehead atoms. The minimum absolute atomic E-state index is 0.244. The molecule has 0 aliphatic carbocycles. The number of aryl methyl sites for hydroxylation is 2. The molecule has 34 heavy (non-hydrogen) atoms. The maximum atomic E-state index is 13.3. The number of nitrogens with zero attached hydrogens (tertiary/aromatic N) is 1. The minimum atomic E-state index is -0.877. The van der Waals surface area contributed by atoms with E-state index in [0.29, 0.717) is 21.8 Å². The lowest BCUT2D eigenvalue weighted by atomic mass is 10.0. The van der Waals surface area contributed by atoms with Crippen LogP contribution in [-0.4, -0.2) is 23.5 Å². The summed E-state index contributed by atoms with van der Waals surface area (Å²) in [6.45, 7) is 5.46. The second kappa shape index (κ2) is 9.15. The van der Waals surface area contributed by atoms with Gasteiger partial charge in [-0.25, -0.2) is 0 Å². The molecule has 2 heterocycles. The predicted octanol–water partition coefficient (Wildman–Crippen LogP) is 4.65. The van der Waals surface area contributed by atoms with Crippen LogP contribution in [0.2, 0.25) is 0 Å². The van der Waals surface area contributed by atoms with Crippen molar-refractivity contribution >= 4 is 39.1 Å². The zero-order valence-corrected chi connectivity index (χ0v) is 20.2. The molecule has 2 aromatic heterocycles. The van der Waals surface area contributed by atoms with Crippen molar-refractivity contribution in [2.75, 3.05) is 12.4 Å². The Hall–Kier alpha value is -3.91. The number of para-hydroxylation sites is 1. The number of nitrogens with one attached hydrogen (secondary N) is 1. The van der Waals surface area contributed by atoms with Gasteiger partial charge in [-0.05, 0) is 38.0 Å². The van der Waals surface area contributed by atoms with Gasteiger partial charge in [0, 0.05) is 22.4 Å². The van der Waals surface area contributed by atoms with Crippen molar-refractivity contribution in [1.29, 1.82) is 0 Å². The molecule has 0 saturated heterocycles. The van der Waals surface area contributed by atoms with Gasteiger partial charge in [0.2, 0.25) is 5.91 Å². The molecular formula is C26H25N3O4S. The van der Waals surface area contributed by atoms with Crippen LogP contribution in [0.25, 0.3) is 22.0 Å². The highest BCUT2D eigenvalue weighted by Crippen LogP contribution is 2.36. The van der Waals surface area contributed by atoms with Crippen LogP contribution in [0.4, 0.5) is 5.00 Å². The SMILES string of the molecule is COc1cccc2c(C)cc(=O)n(C(C)C(=O)Nc3scc(-c4ccc(C)cc4)c3C(N)=O)c12. The number of primary amides is 1. The molecule has 174 valence electrons. The number of hydrogen-bond donors (Lipinski definition) is 2. The van der Waals surface area contributed by atoms with Gasteiger partial charge in [-0.15, -0.1) is 11.3 Å². The first kappa shape index (κ1) is 23.3. The van der Waals surface area contributed by atoms with Crippen LogP contribution in [-0.2, 0) is 4.79 Å². The number of rotatable bonds is 6. The van der Waals surface area contributed by atoms with Crippen LogP contribution >= 0.6 is 11.3 Å². The lowest BCUT2D eigenvalue weighted by molar-refractivity contribution is -0.118. The zero-order valence-electron chi connectivity index (χ0n) is 19.3. The number of hydrogen-bond acceptors (Lipinski definition) is 5. The number of aromatic nitrogens is 1. The number of carbonyl (C=O) groups is 2. The molecule has 1 atom stereocenters. The molecule has 7 nitrogen and oxygen atoms in total. The van der Waals surface area contributed by atoms with Gasteiger partial charge in [-0.2, -0.15) is 0 Å². The van der Waals surface area contributed by atoms with E-state index < -0.39 is 17.9 Å². The van der Waals surface area contributed by atoms with E-state index in [4.69, 9.17) is 10.5 Å². The molecular weight excluding hydrogens is 450 g/mol. The van der Waals surface area contributed by atoms with Crippen LogP contribution in [0.3, 0.4) is 0 Å². The summed E-state index contributed by atoms with van der Waals surface area (Å²) < 4.78 is 6.90. The number of methoxy groups -OCH3 is 1. The van der Waals surface area contributed by atoms with E-state index in [1.807, 2.05) is 50.2 Å². The van der Waals surface area contributed by atoms with Crippen LogP contribution in [0.15, 0.2) is 58.7 Å². The van der Waals surface area contributed by atoms with E-state index in [9.17, 15) is 14.4 Å². The third-order valence-electron chi connectivity index (χ3n) is 5.87. The molecule has 8 heteroatoms. The number of anilines is 1. The topological polar surface area (TPSA) is 103 Å². The average molecular weight is 476 g/mol. The number of fused-ring (bicyclic) bond motifs is 1. The van der Waals surface area contributed by atoms with E-state index in [-0.39, 0.29) is 11.1 Å². The van der Waals surface area contributed by atoms with Crippen LogP contribution in [0, 0.1) is 13.8 Å². The van der Waals surface area contributed by atoms with Crippen LogP contribution < -0.4 is 21.3 Å². The van der Waals surface area contributed by atoms with E-state index in [2.05, 4.69) is 5.32 Å². The minimum Gasteiger partial charge on any atom is -0.495 e. The normalized spacial score (nSPS) is 11.9. The molecule has 2 aromatic carbocycles. The number of ether oxygens (including phenoxy) is 1. The van der Waals surface area contributed by atoms with Gasteiger partial charge in [0.1, 0.15) is 16.8 Å². The van der Waals surface area contributed by atoms with Crippen molar-refractivity contribution in [3.8, 4) is 16.9 Å². The van der Waals surface area contributed by atoms with Gasteiger partial charge < -0.3 is 15.8 Å². The smallest absolute Gasteiger partial charge is 0.252 e. The van der Waals surface area contributed by atoms with E-state index in [1.165, 1.54) is 29.1 Å². The lowest BCUT2D eigenvalue weighted by Gasteiger charge is -2.20. The summed E-state index contributed by atoms with van der Waals surface area (Å²) in [5.41, 5.74) is 9.52. The second-order valence-corrected chi connectivity index (χ2v) is 9.02. The Morgan fingerprint density at radius 1 is 1.12 bits per heavy atom. The molecule has 2 amide bonds. The maximum absolute atomic E-state index is 13.3. The molecule has 4 aromatic rings. The summed E-state index contributed by atoms with van der Waals surface area (Å²) in [6.07, 6.45) is 0. The molecule has 0 aliphatic rings. The Kier molecular flexibility index (Phi) is 6.26. The highest BCUT2D eigenvalue weighted by Gasteiger charge is 2.25. The Labute approximate surface area is 200 Å². The van der Waals surface area contributed by atoms with Crippen molar-refractivity contribution in [3.05, 3.63) is 81.0 Å². The first-order valence-corrected chi connectivity index (χ1v) is 11.6. The maximum Gasteiger partial charge on any atom is 0.252 e. The molecule has 0 fully saturated rings. The summed E-state index contributed by atoms with van der Waals surface area (Å²) >= 11 is 1.22. The monoisotopic (exact) mass is 475 g/mol. The van der Waals surface area contributed by atoms with Crippen molar-refractivity contribution in [1.82, 2.24) is 4.57 Å². The van der Waals surface area contributed by atoms with E-state index >= 15 is 0 Å².